The van der Waals surface area contributed by atoms with Crippen molar-refractivity contribution in [3.8, 4) is 11.5 Å². The number of nitrogens with zero attached hydrogens (tertiary/aromatic N) is 3. The van der Waals surface area contributed by atoms with Crippen LogP contribution >= 0.6 is 11.8 Å². The van der Waals surface area contributed by atoms with Gasteiger partial charge in [-0.2, -0.15) is 4.31 Å². The van der Waals surface area contributed by atoms with Crippen molar-refractivity contribution in [1.29, 1.82) is 0 Å². The number of benzene rings is 2. The van der Waals surface area contributed by atoms with Gasteiger partial charge in [0.05, 0.1) is 4.90 Å². The Kier molecular flexibility index (Phi) is 7.83. The SMILES string of the molecule is CCN(CC)S(=O)(=O)c1cccc(-c2nnc(SCCC(=O)Nc3ccccc3)o2)c1. The molecular formula is C21H24N4O4S2. The number of sulfonamides is 1. The molecule has 0 fully saturated rings. The summed E-state index contributed by atoms with van der Waals surface area (Å²) in [5.74, 6) is 0.594. The number of rotatable bonds is 10. The van der Waals surface area contributed by atoms with Crippen LogP contribution < -0.4 is 5.32 Å². The van der Waals surface area contributed by atoms with Crippen molar-refractivity contribution in [2.75, 3.05) is 24.2 Å². The molecule has 0 aliphatic carbocycles. The molecule has 31 heavy (non-hydrogen) atoms. The Bertz CT molecular complexity index is 1110. The van der Waals surface area contributed by atoms with Gasteiger partial charge >= 0.3 is 0 Å². The summed E-state index contributed by atoms with van der Waals surface area (Å²) in [6.07, 6.45) is 0.287. The lowest BCUT2D eigenvalue weighted by atomic mass is 10.2. The fourth-order valence-corrected chi connectivity index (χ4v) is 5.07. The lowest BCUT2D eigenvalue weighted by Crippen LogP contribution is -2.30. The number of aromatic nitrogens is 2. The van der Waals surface area contributed by atoms with E-state index in [0.717, 1.165) is 5.69 Å². The fourth-order valence-electron chi connectivity index (χ4n) is 2.86. The summed E-state index contributed by atoms with van der Waals surface area (Å²) in [6.45, 7) is 4.38. The van der Waals surface area contributed by atoms with Gasteiger partial charge in [0.15, 0.2) is 0 Å². The van der Waals surface area contributed by atoms with Crippen molar-refractivity contribution in [2.24, 2.45) is 0 Å². The van der Waals surface area contributed by atoms with E-state index < -0.39 is 10.0 Å². The highest BCUT2D eigenvalue weighted by Crippen LogP contribution is 2.26. The maximum absolute atomic E-state index is 12.7. The zero-order valence-electron chi connectivity index (χ0n) is 17.3. The van der Waals surface area contributed by atoms with Crippen LogP contribution in [0.25, 0.3) is 11.5 Å². The van der Waals surface area contributed by atoms with Gasteiger partial charge in [0.25, 0.3) is 5.22 Å². The highest BCUT2D eigenvalue weighted by molar-refractivity contribution is 7.99. The van der Waals surface area contributed by atoms with Gasteiger partial charge in [-0.25, -0.2) is 8.42 Å². The molecule has 1 amide bonds. The van der Waals surface area contributed by atoms with Gasteiger partial charge in [-0.15, -0.1) is 10.2 Å². The molecule has 0 aliphatic heterocycles. The molecule has 1 aromatic heterocycles. The normalized spacial score (nSPS) is 11.6. The molecular weight excluding hydrogens is 436 g/mol. The number of hydrogen-bond acceptors (Lipinski definition) is 7. The van der Waals surface area contributed by atoms with Gasteiger partial charge in [0.2, 0.25) is 21.8 Å². The van der Waals surface area contributed by atoms with Crippen LogP contribution in [0.1, 0.15) is 20.3 Å². The third kappa shape index (κ3) is 5.93. The summed E-state index contributed by atoms with van der Waals surface area (Å²) in [5, 5.41) is 11.1. The van der Waals surface area contributed by atoms with Crippen molar-refractivity contribution in [1.82, 2.24) is 14.5 Å². The van der Waals surface area contributed by atoms with Crippen LogP contribution in [0.15, 0.2) is 69.1 Å². The van der Waals surface area contributed by atoms with E-state index in [1.54, 1.807) is 32.0 Å². The summed E-state index contributed by atoms with van der Waals surface area (Å²) >= 11 is 1.27. The molecule has 0 unspecified atom stereocenters. The number of carbonyl (C=O) groups is 1. The van der Waals surface area contributed by atoms with E-state index in [2.05, 4.69) is 15.5 Å². The Morgan fingerprint density at radius 3 is 2.52 bits per heavy atom. The van der Waals surface area contributed by atoms with Gasteiger partial charge < -0.3 is 9.73 Å². The van der Waals surface area contributed by atoms with Gasteiger partial charge in [-0.05, 0) is 30.3 Å². The van der Waals surface area contributed by atoms with Crippen LogP contribution in [-0.4, -0.2) is 47.7 Å². The van der Waals surface area contributed by atoms with Crippen LogP contribution in [0, 0.1) is 0 Å². The highest BCUT2D eigenvalue weighted by atomic mass is 32.2. The van der Waals surface area contributed by atoms with Crippen molar-refractivity contribution in [2.45, 2.75) is 30.4 Å². The average Bonchev–Trinajstić information content (AvgIpc) is 3.24. The number of thioether (sulfide) groups is 1. The summed E-state index contributed by atoms with van der Waals surface area (Å²) in [6, 6.07) is 15.7. The number of anilines is 1. The molecule has 2 aromatic carbocycles. The van der Waals surface area contributed by atoms with Gasteiger partial charge in [0.1, 0.15) is 0 Å². The maximum atomic E-state index is 12.7. The lowest BCUT2D eigenvalue weighted by molar-refractivity contribution is -0.115. The van der Waals surface area contributed by atoms with Crippen molar-refractivity contribution >= 4 is 33.4 Å². The summed E-state index contributed by atoms with van der Waals surface area (Å²) in [7, 11) is -3.58. The zero-order chi connectivity index (χ0) is 22.3. The van der Waals surface area contributed by atoms with Gasteiger partial charge in [-0.1, -0.05) is 49.9 Å². The minimum atomic E-state index is -3.58. The molecule has 3 aromatic rings. The van der Waals surface area contributed by atoms with Crippen LogP contribution in [0.5, 0.6) is 0 Å². The lowest BCUT2D eigenvalue weighted by Gasteiger charge is -2.18. The van der Waals surface area contributed by atoms with E-state index in [-0.39, 0.29) is 23.1 Å². The van der Waals surface area contributed by atoms with Gasteiger partial charge in [-0.3, -0.25) is 4.79 Å². The highest BCUT2D eigenvalue weighted by Gasteiger charge is 2.22. The molecule has 0 spiro atoms. The summed E-state index contributed by atoms with van der Waals surface area (Å²) < 4.78 is 32.5. The first-order valence-corrected chi connectivity index (χ1v) is 12.3. The van der Waals surface area contributed by atoms with Crippen LogP contribution in [0.4, 0.5) is 5.69 Å². The predicted molar refractivity (Wildman–Crippen MR) is 120 cm³/mol. The second-order valence-corrected chi connectivity index (χ2v) is 9.49. The summed E-state index contributed by atoms with van der Waals surface area (Å²) in [4.78, 5) is 12.2. The largest absolute Gasteiger partial charge is 0.411 e. The van der Waals surface area contributed by atoms with Crippen LogP contribution in [-0.2, 0) is 14.8 Å². The number of amides is 1. The first-order valence-electron chi connectivity index (χ1n) is 9.85. The summed E-state index contributed by atoms with van der Waals surface area (Å²) in [5.41, 5.74) is 1.27. The first-order chi connectivity index (χ1) is 14.9. The Morgan fingerprint density at radius 1 is 1.06 bits per heavy atom. The maximum Gasteiger partial charge on any atom is 0.276 e. The molecule has 0 saturated carbocycles. The molecule has 0 aliphatic rings. The van der Waals surface area contributed by atoms with E-state index in [9.17, 15) is 13.2 Å². The first kappa shape index (κ1) is 23.0. The minimum Gasteiger partial charge on any atom is -0.411 e. The molecule has 10 heteroatoms. The monoisotopic (exact) mass is 460 g/mol. The third-order valence-corrected chi connectivity index (χ3v) is 7.31. The standard InChI is InChI=1S/C21H24N4O4S2/c1-3-25(4-2)31(27,28)18-12-8-9-16(15-18)20-23-24-21(29-20)30-14-13-19(26)22-17-10-6-5-7-11-17/h5-12,15H,3-4,13-14H2,1-2H3,(H,22,26). The predicted octanol–water partition coefficient (Wildman–Crippen LogP) is 3.89. The van der Waals surface area contributed by atoms with Crippen LogP contribution in [0.3, 0.4) is 0 Å². The second kappa shape index (κ2) is 10.6. The minimum absolute atomic E-state index is 0.104. The van der Waals surface area contributed by atoms with Crippen molar-refractivity contribution in [3.63, 3.8) is 0 Å². The van der Waals surface area contributed by atoms with E-state index in [0.29, 0.717) is 29.6 Å². The number of carbonyl (C=O) groups excluding carboxylic acids is 1. The molecule has 0 radical (unpaired) electrons. The number of para-hydroxylation sites is 1. The fraction of sp³-hybridized carbons (Fsp3) is 0.286. The second-order valence-electron chi connectivity index (χ2n) is 6.50. The Morgan fingerprint density at radius 2 is 1.81 bits per heavy atom. The topological polar surface area (TPSA) is 105 Å². The zero-order valence-corrected chi connectivity index (χ0v) is 18.9. The Labute approximate surface area is 186 Å². The smallest absolute Gasteiger partial charge is 0.276 e. The Hall–Kier alpha value is -2.69. The molecule has 1 N–H and O–H groups in total. The van der Waals surface area contributed by atoms with E-state index in [4.69, 9.17) is 4.42 Å². The molecule has 8 nitrogen and oxygen atoms in total. The van der Waals surface area contributed by atoms with Crippen LogP contribution in [0.2, 0.25) is 0 Å². The number of hydrogen-bond donors (Lipinski definition) is 1. The molecule has 164 valence electrons. The van der Waals surface area contributed by atoms with E-state index in [1.165, 1.54) is 22.1 Å². The molecule has 3 rings (SSSR count). The van der Waals surface area contributed by atoms with E-state index in [1.807, 2.05) is 30.3 Å². The number of nitrogens with one attached hydrogen (secondary N) is 1. The molecule has 1 heterocycles. The third-order valence-electron chi connectivity index (χ3n) is 4.44. The average molecular weight is 461 g/mol. The van der Waals surface area contributed by atoms with E-state index >= 15 is 0 Å². The molecule has 0 bridgehead atoms. The molecule has 0 atom stereocenters. The quantitative estimate of drug-likeness (QED) is 0.458. The van der Waals surface area contributed by atoms with Gasteiger partial charge in [0, 0.05) is 36.5 Å². The molecule has 0 saturated heterocycles. The Balaban J connectivity index is 1.61. The van der Waals surface area contributed by atoms with Crippen molar-refractivity contribution < 1.29 is 17.6 Å². The van der Waals surface area contributed by atoms with Crippen molar-refractivity contribution in [3.05, 3.63) is 54.6 Å².